The van der Waals surface area contributed by atoms with Gasteiger partial charge >= 0.3 is 0 Å². The molecule has 2 rings (SSSR count). The zero-order chi connectivity index (χ0) is 12.3. The Morgan fingerprint density at radius 2 is 2.24 bits per heavy atom. The predicted molar refractivity (Wildman–Crippen MR) is 70.6 cm³/mol. The van der Waals surface area contributed by atoms with E-state index in [0.29, 0.717) is 16.7 Å². The molecule has 1 heterocycles. The van der Waals surface area contributed by atoms with Crippen molar-refractivity contribution in [1.29, 1.82) is 0 Å². The van der Waals surface area contributed by atoms with E-state index >= 15 is 0 Å². The van der Waals surface area contributed by atoms with Gasteiger partial charge in [0, 0.05) is 18.2 Å². The highest BCUT2D eigenvalue weighted by Gasteiger charge is 2.31. The molecule has 1 aromatic rings. The second-order valence-electron chi connectivity index (χ2n) is 4.64. The van der Waals surface area contributed by atoms with Crippen molar-refractivity contribution in [1.82, 2.24) is 4.98 Å². The molecule has 92 valence electrons. The van der Waals surface area contributed by atoms with Gasteiger partial charge in [0.05, 0.1) is 5.69 Å². The Labute approximate surface area is 109 Å². The minimum atomic E-state index is -0.307. The number of hydrogen-bond acceptors (Lipinski definition) is 3. The van der Waals surface area contributed by atoms with E-state index < -0.39 is 0 Å². The minimum absolute atomic E-state index is 0.0388. The van der Waals surface area contributed by atoms with Crippen molar-refractivity contribution in [3.8, 4) is 0 Å². The van der Waals surface area contributed by atoms with Crippen LogP contribution < -0.4 is 11.1 Å². The van der Waals surface area contributed by atoms with Gasteiger partial charge in [0.25, 0.3) is 0 Å². The zero-order valence-corrected chi connectivity index (χ0v) is 11.2. The molecule has 3 N–H and O–H groups in total. The van der Waals surface area contributed by atoms with Gasteiger partial charge < -0.3 is 11.1 Å². The van der Waals surface area contributed by atoms with E-state index in [-0.39, 0.29) is 11.4 Å². The monoisotopic (exact) mass is 297 g/mol. The second kappa shape index (κ2) is 5.14. The summed E-state index contributed by atoms with van der Waals surface area (Å²) in [4.78, 5) is 15.9. The van der Waals surface area contributed by atoms with Crippen LogP contribution in [0.25, 0.3) is 0 Å². The molecule has 5 heteroatoms. The van der Waals surface area contributed by atoms with E-state index in [1.54, 1.807) is 12.3 Å². The molecule has 0 atom stereocenters. The summed E-state index contributed by atoms with van der Waals surface area (Å²) in [5.41, 5.74) is 6.55. The largest absolute Gasteiger partial charge is 0.325 e. The molecule has 0 aliphatic heterocycles. The predicted octanol–water partition coefficient (Wildman–Crippen LogP) is 2.44. The number of carbonyl (C=O) groups excluding carboxylic acids is 1. The highest BCUT2D eigenvalue weighted by molar-refractivity contribution is 9.10. The molecule has 0 aromatic carbocycles. The first kappa shape index (κ1) is 12.5. The standard InChI is InChI=1S/C12H16BrN3O/c13-11-9(4-3-7-15-11)16-10(17)8-12(14)5-1-2-6-12/h3-4,7H,1-2,5-6,8,14H2,(H,16,17). The lowest BCUT2D eigenvalue weighted by atomic mass is 9.94. The number of carbonyl (C=O) groups is 1. The number of halogens is 1. The summed E-state index contributed by atoms with van der Waals surface area (Å²) in [6.45, 7) is 0. The van der Waals surface area contributed by atoms with Crippen molar-refractivity contribution in [3.05, 3.63) is 22.9 Å². The average Bonchev–Trinajstić information content (AvgIpc) is 2.68. The number of aromatic nitrogens is 1. The molecular weight excluding hydrogens is 282 g/mol. The van der Waals surface area contributed by atoms with Crippen LogP contribution >= 0.6 is 15.9 Å². The first-order chi connectivity index (χ1) is 8.09. The van der Waals surface area contributed by atoms with Gasteiger partial charge in [-0.05, 0) is 40.9 Å². The molecule has 0 saturated heterocycles. The van der Waals surface area contributed by atoms with E-state index in [0.717, 1.165) is 25.7 Å². The van der Waals surface area contributed by atoms with Gasteiger partial charge in [-0.2, -0.15) is 0 Å². The van der Waals surface area contributed by atoms with Crippen LogP contribution in [0.2, 0.25) is 0 Å². The van der Waals surface area contributed by atoms with E-state index in [9.17, 15) is 4.79 Å². The van der Waals surface area contributed by atoms with Crippen LogP contribution in [0.4, 0.5) is 5.69 Å². The smallest absolute Gasteiger partial charge is 0.226 e. The van der Waals surface area contributed by atoms with E-state index in [1.165, 1.54) is 0 Å². The van der Waals surface area contributed by atoms with Gasteiger partial charge in [0.1, 0.15) is 4.60 Å². The summed E-state index contributed by atoms with van der Waals surface area (Å²) in [5.74, 6) is -0.0388. The summed E-state index contributed by atoms with van der Waals surface area (Å²) in [5, 5.41) is 2.83. The summed E-state index contributed by atoms with van der Waals surface area (Å²) >= 11 is 3.29. The van der Waals surface area contributed by atoms with Gasteiger partial charge in [-0.25, -0.2) is 4.98 Å². The third-order valence-corrected chi connectivity index (χ3v) is 3.78. The van der Waals surface area contributed by atoms with Gasteiger partial charge in [-0.1, -0.05) is 12.8 Å². The van der Waals surface area contributed by atoms with E-state index in [2.05, 4.69) is 26.2 Å². The summed E-state index contributed by atoms with van der Waals surface area (Å²) in [6, 6.07) is 3.60. The Bertz CT molecular complexity index is 416. The van der Waals surface area contributed by atoms with Gasteiger partial charge in [0.15, 0.2) is 0 Å². The number of hydrogen-bond donors (Lipinski definition) is 2. The fraction of sp³-hybridized carbons (Fsp3) is 0.500. The summed E-state index contributed by atoms with van der Waals surface area (Å²) in [7, 11) is 0. The maximum Gasteiger partial charge on any atom is 0.226 e. The average molecular weight is 298 g/mol. The normalized spacial score (nSPS) is 18.0. The Hall–Kier alpha value is -0.940. The van der Waals surface area contributed by atoms with Crippen LogP contribution in [0.3, 0.4) is 0 Å². The number of anilines is 1. The van der Waals surface area contributed by atoms with Crippen LogP contribution in [0.5, 0.6) is 0 Å². The van der Waals surface area contributed by atoms with Crippen LogP contribution in [-0.4, -0.2) is 16.4 Å². The molecule has 1 aliphatic carbocycles. The fourth-order valence-electron chi connectivity index (χ4n) is 2.25. The summed E-state index contributed by atoms with van der Waals surface area (Å²) < 4.78 is 0.644. The minimum Gasteiger partial charge on any atom is -0.325 e. The topological polar surface area (TPSA) is 68.0 Å². The first-order valence-corrected chi connectivity index (χ1v) is 6.58. The van der Waals surface area contributed by atoms with Crippen LogP contribution in [0, 0.1) is 0 Å². The zero-order valence-electron chi connectivity index (χ0n) is 9.58. The molecule has 1 fully saturated rings. The molecule has 17 heavy (non-hydrogen) atoms. The highest BCUT2D eigenvalue weighted by Crippen LogP contribution is 2.30. The Morgan fingerprint density at radius 1 is 1.53 bits per heavy atom. The SMILES string of the molecule is NC1(CC(=O)Nc2cccnc2Br)CCCC1. The summed E-state index contributed by atoms with van der Waals surface area (Å²) in [6.07, 6.45) is 6.18. The van der Waals surface area contributed by atoms with E-state index in [1.807, 2.05) is 6.07 Å². The number of nitrogens with two attached hydrogens (primary N) is 1. The molecule has 0 bridgehead atoms. The lowest BCUT2D eigenvalue weighted by Crippen LogP contribution is -2.40. The van der Waals surface area contributed by atoms with Crippen molar-refractivity contribution in [2.75, 3.05) is 5.32 Å². The van der Waals surface area contributed by atoms with Crippen LogP contribution in [0.15, 0.2) is 22.9 Å². The van der Waals surface area contributed by atoms with Crippen molar-refractivity contribution in [2.24, 2.45) is 5.73 Å². The van der Waals surface area contributed by atoms with Gasteiger partial charge in [-0.3, -0.25) is 4.79 Å². The molecule has 1 saturated carbocycles. The lowest BCUT2D eigenvalue weighted by Gasteiger charge is -2.22. The molecule has 4 nitrogen and oxygen atoms in total. The first-order valence-electron chi connectivity index (χ1n) is 5.78. The fourth-order valence-corrected chi connectivity index (χ4v) is 2.60. The number of amides is 1. The molecule has 0 spiro atoms. The lowest BCUT2D eigenvalue weighted by molar-refractivity contribution is -0.117. The third-order valence-electron chi connectivity index (χ3n) is 3.15. The molecule has 1 aromatic heterocycles. The van der Waals surface area contributed by atoms with Crippen molar-refractivity contribution in [2.45, 2.75) is 37.6 Å². The van der Waals surface area contributed by atoms with E-state index in [4.69, 9.17) is 5.73 Å². The number of nitrogens with zero attached hydrogens (tertiary/aromatic N) is 1. The maximum absolute atomic E-state index is 11.9. The molecular formula is C12H16BrN3O. The van der Waals surface area contributed by atoms with Gasteiger partial charge in [0.2, 0.25) is 5.91 Å². The maximum atomic E-state index is 11.9. The number of rotatable bonds is 3. The Balaban J connectivity index is 1.96. The third kappa shape index (κ3) is 3.26. The van der Waals surface area contributed by atoms with Crippen molar-refractivity contribution < 1.29 is 4.79 Å². The highest BCUT2D eigenvalue weighted by atomic mass is 79.9. The molecule has 0 radical (unpaired) electrons. The molecule has 1 amide bonds. The van der Waals surface area contributed by atoms with Crippen LogP contribution in [0.1, 0.15) is 32.1 Å². The van der Waals surface area contributed by atoms with Gasteiger partial charge in [-0.15, -0.1) is 0 Å². The van der Waals surface area contributed by atoms with Crippen molar-refractivity contribution >= 4 is 27.5 Å². The number of nitrogens with one attached hydrogen (secondary N) is 1. The quantitative estimate of drug-likeness (QED) is 0.842. The van der Waals surface area contributed by atoms with Crippen molar-refractivity contribution in [3.63, 3.8) is 0 Å². The molecule has 0 unspecified atom stereocenters. The second-order valence-corrected chi connectivity index (χ2v) is 5.39. The Kier molecular flexibility index (Phi) is 3.79. The van der Waals surface area contributed by atoms with Crippen LogP contribution in [-0.2, 0) is 4.79 Å². The Morgan fingerprint density at radius 3 is 2.88 bits per heavy atom. The molecule has 1 aliphatic rings. The number of pyridine rings is 1.